The van der Waals surface area contributed by atoms with Gasteiger partial charge in [0.15, 0.2) is 5.79 Å². The average molecular weight is 377 g/mol. The quantitative estimate of drug-likeness (QED) is 0.686. The van der Waals surface area contributed by atoms with E-state index in [1.807, 2.05) is 0 Å². The van der Waals surface area contributed by atoms with Crippen LogP contribution < -0.4 is 0 Å². The SMILES string of the molecule is CC1(C2=CC[C@H]3[C@@H]4CC[C@H]5C[C@@H](O)CC[C@]5(C)[C@H]4[C@@H](O)C[C@]23C)OCCO1. The molecule has 0 aromatic rings. The molecule has 0 amide bonds. The second-order valence-corrected chi connectivity index (χ2v) is 10.7. The first kappa shape index (κ1) is 18.6. The zero-order valence-electron chi connectivity index (χ0n) is 17.1. The highest BCUT2D eigenvalue weighted by molar-refractivity contribution is 5.32. The Hall–Kier alpha value is -0.420. The highest BCUT2D eigenvalue weighted by atomic mass is 16.7. The average Bonchev–Trinajstić information content (AvgIpc) is 3.19. The van der Waals surface area contributed by atoms with E-state index in [-0.39, 0.29) is 23.0 Å². The summed E-state index contributed by atoms with van der Waals surface area (Å²) < 4.78 is 12.1. The van der Waals surface area contributed by atoms with Crippen molar-refractivity contribution in [3.63, 3.8) is 0 Å². The largest absolute Gasteiger partial charge is 0.393 e. The molecule has 8 atom stereocenters. The summed E-state index contributed by atoms with van der Waals surface area (Å²) >= 11 is 0. The summed E-state index contributed by atoms with van der Waals surface area (Å²) in [6, 6.07) is 0. The predicted octanol–water partition coefficient (Wildman–Crippen LogP) is 3.66. The molecule has 0 aromatic heterocycles. The van der Waals surface area contributed by atoms with Gasteiger partial charge in [-0.2, -0.15) is 0 Å². The van der Waals surface area contributed by atoms with Crippen LogP contribution in [0.4, 0.5) is 0 Å². The van der Waals surface area contributed by atoms with Gasteiger partial charge in [-0.05, 0) is 91.9 Å². The minimum atomic E-state index is -0.605. The second-order valence-electron chi connectivity index (χ2n) is 10.7. The highest BCUT2D eigenvalue weighted by Gasteiger charge is 2.63. The monoisotopic (exact) mass is 376 g/mol. The molecule has 3 saturated carbocycles. The molecular weight excluding hydrogens is 340 g/mol. The lowest BCUT2D eigenvalue weighted by molar-refractivity contribution is -0.181. The maximum Gasteiger partial charge on any atom is 0.188 e. The number of hydrogen-bond donors (Lipinski definition) is 2. The van der Waals surface area contributed by atoms with E-state index in [2.05, 4.69) is 26.8 Å². The normalized spacial score (nSPS) is 54.0. The minimum absolute atomic E-state index is 0.0307. The van der Waals surface area contributed by atoms with Gasteiger partial charge in [-0.25, -0.2) is 0 Å². The smallest absolute Gasteiger partial charge is 0.188 e. The summed E-state index contributed by atoms with van der Waals surface area (Å²) in [5, 5.41) is 21.7. The maximum atomic E-state index is 11.5. The Bertz CT molecular complexity index is 638. The molecule has 4 nitrogen and oxygen atoms in total. The van der Waals surface area contributed by atoms with Gasteiger partial charge in [0.2, 0.25) is 0 Å². The van der Waals surface area contributed by atoms with Gasteiger partial charge >= 0.3 is 0 Å². The van der Waals surface area contributed by atoms with Crippen LogP contribution in [0.15, 0.2) is 11.6 Å². The van der Waals surface area contributed by atoms with Crippen LogP contribution in [-0.4, -0.2) is 41.4 Å². The van der Waals surface area contributed by atoms with Gasteiger partial charge in [-0.3, -0.25) is 0 Å². The van der Waals surface area contributed by atoms with Crippen molar-refractivity contribution in [1.29, 1.82) is 0 Å². The third-order valence-corrected chi connectivity index (χ3v) is 9.48. The Kier molecular flexibility index (Phi) is 4.16. The first-order chi connectivity index (χ1) is 12.8. The topological polar surface area (TPSA) is 58.9 Å². The van der Waals surface area contributed by atoms with Crippen LogP contribution in [-0.2, 0) is 9.47 Å². The van der Waals surface area contributed by atoms with E-state index in [9.17, 15) is 10.2 Å². The summed E-state index contributed by atoms with van der Waals surface area (Å²) in [5.41, 5.74) is 1.42. The molecule has 0 spiro atoms. The fourth-order valence-electron chi connectivity index (χ4n) is 8.30. The van der Waals surface area contributed by atoms with Crippen molar-refractivity contribution in [2.75, 3.05) is 13.2 Å². The molecule has 5 aliphatic rings. The molecule has 152 valence electrons. The molecule has 5 rings (SSSR count). The third kappa shape index (κ3) is 2.49. The first-order valence-electron chi connectivity index (χ1n) is 11.1. The molecule has 2 N–H and O–H groups in total. The Labute approximate surface area is 163 Å². The van der Waals surface area contributed by atoms with Gasteiger partial charge in [-0.15, -0.1) is 0 Å². The second kappa shape index (κ2) is 6.04. The Morgan fingerprint density at radius 1 is 1.04 bits per heavy atom. The highest BCUT2D eigenvalue weighted by Crippen LogP contribution is 2.67. The van der Waals surface area contributed by atoms with Crippen molar-refractivity contribution in [2.45, 2.75) is 83.7 Å². The molecule has 0 bridgehead atoms. The zero-order chi connectivity index (χ0) is 19.0. The molecule has 4 fully saturated rings. The van der Waals surface area contributed by atoms with Crippen molar-refractivity contribution < 1.29 is 19.7 Å². The van der Waals surface area contributed by atoms with Crippen molar-refractivity contribution in [3.05, 3.63) is 11.6 Å². The molecule has 27 heavy (non-hydrogen) atoms. The number of allylic oxidation sites excluding steroid dienone is 1. The molecule has 1 heterocycles. The van der Waals surface area contributed by atoms with E-state index in [1.54, 1.807) is 0 Å². The van der Waals surface area contributed by atoms with E-state index in [0.29, 0.717) is 36.9 Å². The van der Waals surface area contributed by atoms with Crippen LogP contribution in [0, 0.1) is 34.5 Å². The molecule has 0 radical (unpaired) electrons. The summed E-state index contributed by atoms with van der Waals surface area (Å²) in [7, 11) is 0. The number of rotatable bonds is 1. The lowest BCUT2D eigenvalue weighted by Crippen LogP contribution is -2.59. The van der Waals surface area contributed by atoms with Crippen molar-refractivity contribution >= 4 is 0 Å². The van der Waals surface area contributed by atoms with Crippen LogP contribution in [0.3, 0.4) is 0 Å². The van der Waals surface area contributed by atoms with E-state index in [0.717, 1.165) is 32.1 Å². The standard InChI is InChI=1S/C23H36O4/c1-21-9-8-15(24)12-14(21)4-5-16-17-6-7-19(23(3)26-10-11-27-23)22(17,2)13-18(25)20(16)21/h7,14-18,20,24-25H,4-6,8-13H2,1-3H3/t14-,15-,16-,17-,18-,20+,21-,22-/m0/s1. The molecule has 1 saturated heterocycles. The van der Waals surface area contributed by atoms with Gasteiger partial charge in [0.05, 0.1) is 25.4 Å². The van der Waals surface area contributed by atoms with E-state index < -0.39 is 5.79 Å². The van der Waals surface area contributed by atoms with Crippen molar-refractivity contribution in [2.24, 2.45) is 34.5 Å². The van der Waals surface area contributed by atoms with E-state index in [4.69, 9.17) is 9.47 Å². The lowest BCUT2D eigenvalue weighted by Gasteiger charge is -2.62. The van der Waals surface area contributed by atoms with Crippen LogP contribution in [0.5, 0.6) is 0 Å². The predicted molar refractivity (Wildman–Crippen MR) is 103 cm³/mol. The number of ether oxygens (including phenoxy) is 2. The Morgan fingerprint density at radius 2 is 1.78 bits per heavy atom. The van der Waals surface area contributed by atoms with Crippen LogP contribution in [0.2, 0.25) is 0 Å². The van der Waals surface area contributed by atoms with Crippen molar-refractivity contribution in [3.8, 4) is 0 Å². The van der Waals surface area contributed by atoms with Crippen molar-refractivity contribution in [1.82, 2.24) is 0 Å². The van der Waals surface area contributed by atoms with Gasteiger partial charge in [0, 0.05) is 0 Å². The molecule has 4 heteroatoms. The van der Waals surface area contributed by atoms with Gasteiger partial charge < -0.3 is 19.7 Å². The van der Waals surface area contributed by atoms with Gasteiger partial charge in [0.1, 0.15) is 0 Å². The van der Waals surface area contributed by atoms with Gasteiger partial charge in [0.25, 0.3) is 0 Å². The molecule has 1 aliphatic heterocycles. The first-order valence-corrected chi connectivity index (χ1v) is 11.1. The number of aliphatic hydroxyl groups excluding tert-OH is 2. The van der Waals surface area contributed by atoms with Gasteiger partial charge in [-0.1, -0.05) is 19.9 Å². The molecule has 0 aromatic carbocycles. The summed E-state index contributed by atoms with van der Waals surface area (Å²) in [6.45, 7) is 8.15. The summed E-state index contributed by atoms with van der Waals surface area (Å²) in [5.74, 6) is 1.47. The van der Waals surface area contributed by atoms with E-state index >= 15 is 0 Å². The number of hydrogen-bond acceptors (Lipinski definition) is 4. The summed E-state index contributed by atoms with van der Waals surface area (Å²) in [6.07, 6.45) is 9.15. The van der Waals surface area contributed by atoms with Crippen LogP contribution in [0.1, 0.15) is 65.7 Å². The maximum absolute atomic E-state index is 11.5. The lowest BCUT2D eigenvalue weighted by atomic mass is 9.43. The molecule has 0 unspecified atom stereocenters. The summed E-state index contributed by atoms with van der Waals surface area (Å²) in [4.78, 5) is 0. The third-order valence-electron chi connectivity index (χ3n) is 9.48. The number of aliphatic hydroxyl groups is 2. The Balaban J connectivity index is 1.47. The fourth-order valence-corrected chi connectivity index (χ4v) is 8.30. The molecule has 4 aliphatic carbocycles. The number of fused-ring (bicyclic) bond motifs is 5. The Morgan fingerprint density at radius 3 is 2.52 bits per heavy atom. The fraction of sp³-hybridized carbons (Fsp3) is 0.913. The minimum Gasteiger partial charge on any atom is -0.393 e. The van der Waals surface area contributed by atoms with Crippen LogP contribution in [0.25, 0.3) is 0 Å². The van der Waals surface area contributed by atoms with Crippen LogP contribution >= 0.6 is 0 Å². The van der Waals surface area contributed by atoms with E-state index in [1.165, 1.54) is 18.4 Å². The zero-order valence-corrected chi connectivity index (χ0v) is 17.1. The molecular formula is C23H36O4.